The third kappa shape index (κ3) is 3.71. The molecule has 0 aliphatic carbocycles. The lowest BCUT2D eigenvalue weighted by Gasteiger charge is -2.30. The molecular weight excluding hydrogens is 268 g/mol. The highest BCUT2D eigenvalue weighted by Crippen LogP contribution is 2.22. The van der Waals surface area contributed by atoms with Gasteiger partial charge in [-0.25, -0.2) is 0 Å². The van der Waals surface area contributed by atoms with Gasteiger partial charge in [0.25, 0.3) is 5.89 Å². The number of hydrogen-bond donors (Lipinski definition) is 1. The molecule has 2 aromatic rings. The lowest BCUT2D eigenvalue weighted by atomic mass is 9.93. The van der Waals surface area contributed by atoms with Gasteiger partial charge in [-0.05, 0) is 64.0 Å². The molecule has 114 valence electrons. The zero-order valence-electron chi connectivity index (χ0n) is 12.4. The third-order valence-corrected chi connectivity index (χ3v) is 4.07. The Kier molecular flexibility index (Phi) is 4.67. The second kappa shape index (κ2) is 6.87. The van der Waals surface area contributed by atoms with Gasteiger partial charge in [0.05, 0.1) is 12.8 Å². The van der Waals surface area contributed by atoms with Crippen LogP contribution in [0.5, 0.6) is 0 Å². The molecule has 1 fully saturated rings. The fourth-order valence-corrected chi connectivity index (χ4v) is 2.79. The fourth-order valence-electron chi connectivity index (χ4n) is 2.79. The molecule has 0 saturated carbocycles. The summed E-state index contributed by atoms with van der Waals surface area (Å²) in [5.41, 5.74) is 0. The van der Waals surface area contributed by atoms with Crippen LogP contribution in [0.15, 0.2) is 27.2 Å². The largest absolute Gasteiger partial charge is 0.459 e. The average Bonchev–Trinajstić information content (AvgIpc) is 3.17. The predicted molar refractivity (Wildman–Crippen MR) is 78.5 cm³/mol. The Morgan fingerprint density at radius 1 is 1.33 bits per heavy atom. The molecule has 2 aromatic heterocycles. The fraction of sp³-hybridized carbons (Fsp3) is 0.600. The van der Waals surface area contributed by atoms with Gasteiger partial charge in [0.2, 0.25) is 5.89 Å². The molecule has 6 nitrogen and oxygen atoms in total. The molecule has 0 atom stereocenters. The maximum atomic E-state index is 5.65. The van der Waals surface area contributed by atoms with Gasteiger partial charge in [-0.2, -0.15) is 0 Å². The minimum absolute atomic E-state index is 0.457. The van der Waals surface area contributed by atoms with E-state index < -0.39 is 0 Å². The Labute approximate surface area is 124 Å². The SMILES string of the molecule is CNCCC1CCN(Cc2nnc(-c3ccco3)o2)CC1. The van der Waals surface area contributed by atoms with E-state index in [0.717, 1.165) is 32.1 Å². The Morgan fingerprint density at radius 2 is 2.19 bits per heavy atom. The van der Waals surface area contributed by atoms with Crippen molar-refractivity contribution in [1.29, 1.82) is 0 Å². The van der Waals surface area contributed by atoms with Gasteiger partial charge in [0.1, 0.15) is 0 Å². The molecule has 1 aliphatic heterocycles. The van der Waals surface area contributed by atoms with Crippen molar-refractivity contribution in [2.75, 3.05) is 26.7 Å². The molecule has 3 heterocycles. The van der Waals surface area contributed by atoms with Gasteiger partial charge in [0.15, 0.2) is 5.76 Å². The number of piperidine rings is 1. The second-order valence-corrected chi connectivity index (χ2v) is 5.59. The van der Waals surface area contributed by atoms with E-state index in [1.807, 2.05) is 19.2 Å². The summed E-state index contributed by atoms with van der Waals surface area (Å²) in [5, 5.41) is 11.4. The number of nitrogens with one attached hydrogen (secondary N) is 1. The van der Waals surface area contributed by atoms with Crippen molar-refractivity contribution in [3.8, 4) is 11.7 Å². The molecule has 0 spiro atoms. The van der Waals surface area contributed by atoms with E-state index in [1.54, 1.807) is 6.26 Å². The molecule has 0 radical (unpaired) electrons. The van der Waals surface area contributed by atoms with Crippen molar-refractivity contribution in [2.45, 2.75) is 25.8 Å². The zero-order valence-corrected chi connectivity index (χ0v) is 12.4. The summed E-state index contributed by atoms with van der Waals surface area (Å²) >= 11 is 0. The molecular formula is C15H22N4O2. The number of aromatic nitrogens is 2. The maximum Gasteiger partial charge on any atom is 0.283 e. The third-order valence-electron chi connectivity index (χ3n) is 4.07. The van der Waals surface area contributed by atoms with Gasteiger partial charge in [-0.3, -0.25) is 4.90 Å². The van der Waals surface area contributed by atoms with Gasteiger partial charge in [-0.15, -0.1) is 10.2 Å². The normalized spacial score (nSPS) is 17.4. The molecule has 0 unspecified atom stereocenters. The summed E-state index contributed by atoms with van der Waals surface area (Å²) in [7, 11) is 2.02. The first-order chi connectivity index (χ1) is 10.3. The van der Waals surface area contributed by atoms with Crippen molar-refractivity contribution in [3.05, 3.63) is 24.3 Å². The Hall–Kier alpha value is -1.66. The highest BCUT2D eigenvalue weighted by molar-refractivity contribution is 5.42. The van der Waals surface area contributed by atoms with Crippen LogP contribution in [0.25, 0.3) is 11.7 Å². The van der Waals surface area contributed by atoms with Crippen LogP contribution in [0.2, 0.25) is 0 Å². The van der Waals surface area contributed by atoms with Crippen molar-refractivity contribution in [1.82, 2.24) is 20.4 Å². The highest BCUT2D eigenvalue weighted by atomic mass is 16.4. The van der Waals surface area contributed by atoms with E-state index in [2.05, 4.69) is 20.4 Å². The van der Waals surface area contributed by atoms with Crippen LogP contribution < -0.4 is 5.32 Å². The van der Waals surface area contributed by atoms with Crippen LogP contribution in [0.4, 0.5) is 0 Å². The van der Waals surface area contributed by atoms with Gasteiger partial charge >= 0.3 is 0 Å². The van der Waals surface area contributed by atoms with Crippen molar-refractivity contribution < 1.29 is 8.83 Å². The first-order valence-corrected chi connectivity index (χ1v) is 7.58. The van der Waals surface area contributed by atoms with Crippen molar-refractivity contribution in [3.63, 3.8) is 0 Å². The van der Waals surface area contributed by atoms with Crippen LogP contribution in [-0.4, -0.2) is 41.8 Å². The van der Waals surface area contributed by atoms with Crippen molar-refractivity contribution >= 4 is 0 Å². The van der Waals surface area contributed by atoms with Crippen molar-refractivity contribution in [2.24, 2.45) is 5.92 Å². The van der Waals surface area contributed by atoms with Gasteiger partial charge < -0.3 is 14.2 Å². The number of nitrogens with zero attached hydrogens (tertiary/aromatic N) is 3. The summed E-state index contributed by atoms with van der Waals surface area (Å²) in [6.07, 6.45) is 5.38. The van der Waals surface area contributed by atoms with Gasteiger partial charge in [-0.1, -0.05) is 0 Å². The van der Waals surface area contributed by atoms with Crippen LogP contribution in [0.3, 0.4) is 0 Å². The molecule has 1 saturated heterocycles. The van der Waals surface area contributed by atoms with E-state index in [-0.39, 0.29) is 0 Å². The topological polar surface area (TPSA) is 67.3 Å². The van der Waals surface area contributed by atoms with Gasteiger partial charge in [0, 0.05) is 0 Å². The lowest BCUT2D eigenvalue weighted by molar-refractivity contribution is 0.160. The molecule has 6 heteroatoms. The highest BCUT2D eigenvalue weighted by Gasteiger charge is 2.21. The van der Waals surface area contributed by atoms with E-state index >= 15 is 0 Å². The summed E-state index contributed by atoms with van der Waals surface area (Å²) in [6, 6.07) is 3.64. The first kappa shape index (κ1) is 14.3. The molecule has 3 rings (SSSR count). The maximum absolute atomic E-state index is 5.65. The van der Waals surface area contributed by atoms with Crippen LogP contribution >= 0.6 is 0 Å². The number of likely N-dealkylation sites (tertiary alicyclic amines) is 1. The molecule has 0 bridgehead atoms. The standard InChI is InChI=1S/C15H22N4O2/c1-16-7-4-12-5-8-19(9-6-12)11-14-17-18-15(21-14)13-3-2-10-20-13/h2-3,10,12,16H,4-9,11H2,1H3. The van der Waals surface area contributed by atoms with E-state index in [1.165, 1.54) is 19.3 Å². The lowest BCUT2D eigenvalue weighted by Crippen LogP contribution is -2.34. The van der Waals surface area contributed by atoms with E-state index in [4.69, 9.17) is 8.83 Å². The minimum Gasteiger partial charge on any atom is -0.459 e. The monoisotopic (exact) mass is 290 g/mol. The molecule has 1 N–H and O–H groups in total. The smallest absolute Gasteiger partial charge is 0.283 e. The summed E-state index contributed by atoms with van der Waals surface area (Å²) in [5.74, 6) is 2.59. The molecule has 0 amide bonds. The predicted octanol–water partition coefficient (Wildman–Crippen LogP) is 2.15. The van der Waals surface area contributed by atoms with Crippen LogP contribution in [-0.2, 0) is 6.54 Å². The number of rotatable bonds is 6. The molecule has 0 aromatic carbocycles. The quantitative estimate of drug-likeness (QED) is 0.879. The van der Waals surface area contributed by atoms with E-state index in [0.29, 0.717) is 17.5 Å². The minimum atomic E-state index is 0.457. The summed E-state index contributed by atoms with van der Waals surface area (Å²) < 4.78 is 10.9. The zero-order chi connectivity index (χ0) is 14.5. The Morgan fingerprint density at radius 3 is 2.90 bits per heavy atom. The number of hydrogen-bond acceptors (Lipinski definition) is 6. The summed E-state index contributed by atoms with van der Waals surface area (Å²) in [4.78, 5) is 2.38. The second-order valence-electron chi connectivity index (χ2n) is 5.59. The number of furan rings is 1. The summed E-state index contributed by atoms with van der Waals surface area (Å²) in [6.45, 7) is 4.05. The van der Waals surface area contributed by atoms with E-state index in [9.17, 15) is 0 Å². The Balaban J connectivity index is 1.49. The Bertz CT molecular complexity index is 530. The van der Waals surface area contributed by atoms with Crippen LogP contribution in [0, 0.1) is 5.92 Å². The first-order valence-electron chi connectivity index (χ1n) is 7.58. The molecule has 1 aliphatic rings. The molecule has 21 heavy (non-hydrogen) atoms. The van der Waals surface area contributed by atoms with Crippen LogP contribution in [0.1, 0.15) is 25.2 Å². The average molecular weight is 290 g/mol.